The zero-order chi connectivity index (χ0) is 17.4. The number of aryl methyl sites for hydroxylation is 2. The number of carbonyl (C=O) groups is 1. The monoisotopic (exact) mass is 365 g/mol. The van der Waals surface area contributed by atoms with Gasteiger partial charge in [0.25, 0.3) is 15.9 Å². The maximum Gasteiger partial charge on any atom is 0.417 e. The number of carbonyl (C=O) groups excluding carboxylic acids is 1. The molecule has 0 radical (unpaired) electrons. The molecule has 11 heteroatoms. The summed E-state index contributed by atoms with van der Waals surface area (Å²) < 4.78 is 62.9. The van der Waals surface area contributed by atoms with Gasteiger partial charge in [-0.2, -0.15) is 21.6 Å². The van der Waals surface area contributed by atoms with E-state index in [1.165, 1.54) is 0 Å². The van der Waals surface area contributed by atoms with Crippen LogP contribution in [-0.2, 0) is 16.2 Å². The maximum atomic E-state index is 12.4. The number of hydrogen-bond acceptors (Lipinski definition) is 6. The molecule has 0 unspecified atom stereocenters. The van der Waals surface area contributed by atoms with Crippen LogP contribution in [0.4, 0.5) is 13.2 Å². The third-order valence-corrected chi connectivity index (χ3v) is 5.11. The molecule has 0 atom stereocenters. The summed E-state index contributed by atoms with van der Waals surface area (Å²) in [5.74, 6) is -0.965. The lowest BCUT2D eigenvalue weighted by molar-refractivity contribution is -0.137. The molecule has 1 amide bonds. The van der Waals surface area contributed by atoms with E-state index in [-0.39, 0.29) is 5.01 Å². The van der Waals surface area contributed by atoms with Crippen molar-refractivity contribution in [2.45, 2.75) is 25.0 Å². The van der Waals surface area contributed by atoms with Gasteiger partial charge in [0.15, 0.2) is 10.0 Å². The van der Waals surface area contributed by atoms with Gasteiger partial charge < -0.3 is 0 Å². The Bertz CT molecular complexity index is 823. The molecule has 0 spiro atoms. The van der Waals surface area contributed by atoms with E-state index in [1.54, 1.807) is 18.6 Å². The lowest BCUT2D eigenvalue weighted by atomic mass is 10.3. The highest BCUT2D eigenvalue weighted by Crippen LogP contribution is 2.28. The van der Waals surface area contributed by atoms with E-state index in [1.807, 2.05) is 0 Å². The van der Waals surface area contributed by atoms with Crippen LogP contribution < -0.4 is 4.72 Å². The second-order valence-electron chi connectivity index (χ2n) is 4.48. The average Bonchev–Trinajstić information content (AvgIpc) is 2.78. The molecule has 0 bridgehead atoms. The van der Waals surface area contributed by atoms with Gasteiger partial charge in [0.05, 0.1) is 11.3 Å². The molecule has 0 aliphatic carbocycles. The number of rotatable bonds is 3. The summed E-state index contributed by atoms with van der Waals surface area (Å²) in [7, 11) is -4.38. The molecule has 2 aromatic heterocycles. The molecule has 23 heavy (non-hydrogen) atoms. The van der Waals surface area contributed by atoms with E-state index in [4.69, 9.17) is 0 Å². The highest BCUT2D eigenvalue weighted by molar-refractivity contribution is 7.90. The number of aromatic nitrogens is 2. The highest BCUT2D eigenvalue weighted by Gasteiger charge is 2.31. The molecule has 0 fully saturated rings. The van der Waals surface area contributed by atoms with Gasteiger partial charge in [-0.15, -0.1) is 11.3 Å². The summed E-state index contributed by atoms with van der Waals surface area (Å²) in [6, 6.07) is 1.25. The Hall–Kier alpha value is -2.01. The summed E-state index contributed by atoms with van der Waals surface area (Å²) in [6.45, 7) is 3.38. The summed E-state index contributed by atoms with van der Waals surface area (Å²) in [5, 5.41) is -0.751. The van der Waals surface area contributed by atoms with Gasteiger partial charge in [0, 0.05) is 11.1 Å². The van der Waals surface area contributed by atoms with Crippen molar-refractivity contribution in [2.24, 2.45) is 0 Å². The Kier molecular flexibility index (Phi) is 4.44. The smallest absolute Gasteiger partial charge is 0.265 e. The number of halogens is 3. The molecule has 0 saturated heterocycles. The number of pyridine rings is 1. The summed E-state index contributed by atoms with van der Waals surface area (Å²) >= 11 is 1.01. The van der Waals surface area contributed by atoms with E-state index in [9.17, 15) is 26.4 Å². The Labute approximate surface area is 133 Å². The quantitative estimate of drug-likeness (QED) is 0.901. The van der Waals surface area contributed by atoms with E-state index in [0.717, 1.165) is 16.2 Å². The summed E-state index contributed by atoms with van der Waals surface area (Å²) in [6.07, 6.45) is -4.24. The highest BCUT2D eigenvalue weighted by atomic mass is 32.2. The first-order valence-corrected chi connectivity index (χ1v) is 8.35. The van der Waals surface area contributed by atoms with Crippen molar-refractivity contribution in [1.82, 2.24) is 14.7 Å². The van der Waals surface area contributed by atoms with Crippen LogP contribution in [0.5, 0.6) is 0 Å². The zero-order valence-electron chi connectivity index (χ0n) is 11.8. The Morgan fingerprint density at radius 3 is 2.35 bits per heavy atom. The predicted octanol–water partition coefficient (Wildman–Crippen LogP) is 2.29. The van der Waals surface area contributed by atoms with Crippen LogP contribution in [0, 0.1) is 13.8 Å². The van der Waals surface area contributed by atoms with Gasteiger partial charge in [-0.3, -0.25) is 4.79 Å². The number of thiazole rings is 1. The fourth-order valence-electron chi connectivity index (χ4n) is 1.49. The molecule has 124 valence electrons. The molecule has 2 rings (SSSR count). The molecule has 0 aliphatic rings. The van der Waals surface area contributed by atoms with E-state index < -0.39 is 32.7 Å². The summed E-state index contributed by atoms with van der Waals surface area (Å²) in [5.41, 5.74) is -0.501. The van der Waals surface area contributed by atoms with Crippen molar-refractivity contribution in [3.05, 3.63) is 39.5 Å². The van der Waals surface area contributed by atoms with Gasteiger partial charge in [-0.1, -0.05) is 0 Å². The Balaban J connectivity index is 2.23. The van der Waals surface area contributed by atoms with Crippen LogP contribution in [0.1, 0.15) is 25.9 Å². The number of sulfonamides is 1. The van der Waals surface area contributed by atoms with Crippen LogP contribution in [-0.4, -0.2) is 24.3 Å². The van der Waals surface area contributed by atoms with Gasteiger partial charge >= 0.3 is 6.18 Å². The average molecular weight is 365 g/mol. The first kappa shape index (κ1) is 17.3. The first-order chi connectivity index (χ1) is 10.5. The predicted molar refractivity (Wildman–Crippen MR) is 75.5 cm³/mol. The van der Waals surface area contributed by atoms with Crippen molar-refractivity contribution in [1.29, 1.82) is 0 Å². The van der Waals surface area contributed by atoms with Crippen molar-refractivity contribution in [3.8, 4) is 0 Å². The number of nitrogens with zero attached hydrogens (tertiary/aromatic N) is 2. The van der Waals surface area contributed by atoms with Crippen molar-refractivity contribution >= 4 is 27.3 Å². The van der Waals surface area contributed by atoms with Crippen molar-refractivity contribution in [3.63, 3.8) is 0 Å². The molecule has 0 saturated carbocycles. The molecule has 0 aliphatic heterocycles. The first-order valence-electron chi connectivity index (χ1n) is 6.05. The van der Waals surface area contributed by atoms with Gasteiger partial charge in [-0.25, -0.2) is 14.7 Å². The zero-order valence-corrected chi connectivity index (χ0v) is 13.4. The van der Waals surface area contributed by atoms with Crippen molar-refractivity contribution < 1.29 is 26.4 Å². The topological polar surface area (TPSA) is 89.0 Å². The lowest BCUT2D eigenvalue weighted by Gasteiger charge is -2.08. The minimum atomic E-state index is -4.63. The number of hydrogen-bond donors (Lipinski definition) is 1. The maximum absolute atomic E-state index is 12.4. The number of alkyl halides is 3. The fourth-order valence-corrected chi connectivity index (χ4v) is 3.25. The number of amides is 1. The van der Waals surface area contributed by atoms with Gasteiger partial charge in [0.1, 0.15) is 0 Å². The molecular weight excluding hydrogens is 355 g/mol. The third-order valence-electron chi connectivity index (χ3n) is 2.79. The molecule has 2 aromatic rings. The van der Waals surface area contributed by atoms with Crippen LogP contribution >= 0.6 is 11.3 Å². The Morgan fingerprint density at radius 1 is 1.26 bits per heavy atom. The van der Waals surface area contributed by atoms with Crippen LogP contribution in [0.2, 0.25) is 0 Å². The standard InChI is InChI=1S/C12H10F3N3O3S2/c1-6-7(2)22-11(17-6)10(19)18-23(20,21)9-4-3-8(5-16-9)12(13,14)15/h3-5H,1-2H3,(H,18,19). The molecular formula is C12H10F3N3O3S2. The van der Waals surface area contributed by atoms with Crippen LogP contribution in [0.3, 0.4) is 0 Å². The molecule has 6 nitrogen and oxygen atoms in total. The normalized spacial score (nSPS) is 12.2. The lowest BCUT2D eigenvalue weighted by Crippen LogP contribution is -2.31. The summed E-state index contributed by atoms with van der Waals surface area (Å²) in [4.78, 5) is 19.8. The second-order valence-corrected chi connectivity index (χ2v) is 7.31. The third kappa shape index (κ3) is 3.85. The van der Waals surface area contributed by atoms with E-state index in [2.05, 4.69) is 9.97 Å². The molecule has 2 heterocycles. The molecule has 0 aromatic carbocycles. The van der Waals surface area contributed by atoms with Crippen molar-refractivity contribution in [2.75, 3.05) is 0 Å². The molecule has 1 N–H and O–H groups in total. The second kappa shape index (κ2) is 5.89. The Morgan fingerprint density at radius 2 is 1.91 bits per heavy atom. The van der Waals surface area contributed by atoms with E-state index in [0.29, 0.717) is 24.0 Å². The SMILES string of the molecule is Cc1nc(C(=O)NS(=O)(=O)c2ccc(C(F)(F)F)cn2)sc1C. The minimum absolute atomic E-state index is 0.0597. The largest absolute Gasteiger partial charge is 0.417 e. The fraction of sp³-hybridized carbons (Fsp3) is 0.250. The van der Waals surface area contributed by atoms with Crippen LogP contribution in [0.15, 0.2) is 23.4 Å². The number of nitrogens with one attached hydrogen (secondary N) is 1. The van der Waals surface area contributed by atoms with Gasteiger partial charge in [-0.05, 0) is 26.0 Å². The van der Waals surface area contributed by atoms with E-state index >= 15 is 0 Å². The van der Waals surface area contributed by atoms with Gasteiger partial charge in [0.2, 0.25) is 0 Å². The van der Waals surface area contributed by atoms with Crippen LogP contribution in [0.25, 0.3) is 0 Å². The minimum Gasteiger partial charge on any atom is -0.265 e.